The number of nitrogens with two attached hydrogens (primary N) is 2. The van der Waals surface area contributed by atoms with E-state index in [4.69, 9.17) is 21.4 Å². The summed E-state index contributed by atoms with van der Waals surface area (Å²) in [4.78, 5) is 14.4. The molecule has 0 saturated heterocycles. The standard InChI is InChI=1S/C26H33N9/c27-19-6-3-5-18(15-19)24-31-22-23(32-26(28)33-25(22)35(24)21-7-1-2-8-21)29-16-17-9-11-20(12-10-17)34-14-4-13-30-34/h4,9-14,18-19,21H,1-3,5-8,15-16,27H2,(H3,28,29,32,33). The highest BCUT2D eigenvalue weighted by molar-refractivity contribution is 5.85. The van der Waals surface area contributed by atoms with E-state index >= 15 is 0 Å². The number of nitrogen functional groups attached to an aromatic ring is 1. The summed E-state index contributed by atoms with van der Waals surface area (Å²) in [5, 5.41) is 7.78. The minimum atomic E-state index is 0.240. The third-order valence-electron chi connectivity index (χ3n) is 7.52. The smallest absolute Gasteiger partial charge is 0.224 e. The summed E-state index contributed by atoms with van der Waals surface area (Å²) >= 11 is 0. The number of fused-ring (bicyclic) bond motifs is 1. The fourth-order valence-corrected chi connectivity index (χ4v) is 5.78. The molecular formula is C26H33N9. The van der Waals surface area contributed by atoms with Crippen molar-refractivity contribution in [2.45, 2.75) is 75.9 Å². The van der Waals surface area contributed by atoms with E-state index < -0.39 is 0 Å². The van der Waals surface area contributed by atoms with Crippen LogP contribution in [0.15, 0.2) is 42.7 Å². The molecule has 0 amide bonds. The van der Waals surface area contributed by atoms with Gasteiger partial charge in [0.1, 0.15) is 5.82 Å². The van der Waals surface area contributed by atoms with E-state index in [1.54, 1.807) is 6.20 Å². The molecule has 0 aliphatic heterocycles. The summed E-state index contributed by atoms with van der Waals surface area (Å²) in [6, 6.07) is 10.9. The summed E-state index contributed by atoms with van der Waals surface area (Å²) < 4.78 is 4.23. The van der Waals surface area contributed by atoms with Crippen molar-refractivity contribution < 1.29 is 0 Å². The largest absolute Gasteiger partial charge is 0.368 e. The van der Waals surface area contributed by atoms with Crippen molar-refractivity contribution in [1.82, 2.24) is 29.3 Å². The van der Waals surface area contributed by atoms with Gasteiger partial charge in [0.25, 0.3) is 0 Å². The van der Waals surface area contributed by atoms with E-state index in [9.17, 15) is 0 Å². The lowest BCUT2D eigenvalue weighted by molar-refractivity contribution is 0.364. The number of rotatable bonds is 6. The van der Waals surface area contributed by atoms with Crippen LogP contribution in [0.1, 0.15) is 74.7 Å². The van der Waals surface area contributed by atoms with Crippen LogP contribution in [0.4, 0.5) is 11.8 Å². The van der Waals surface area contributed by atoms with Crippen LogP contribution in [0.3, 0.4) is 0 Å². The SMILES string of the molecule is Nc1nc(NCc2ccc(-n3cccn3)cc2)c2nc(C3CCCC(N)C3)n(C3CCCC3)c2n1. The number of anilines is 2. The molecule has 3 heterocycles. The Morgan fingerprint density at radius 3 is 2.54 bits per heavy atom. The molecule has 4 aromatic rings. The van der Waals surface area contributed by atoms with E-state index in [0.29, 0.717) is 24.3 Å². The summed E-state index contributed by atoms with van der Waals surface area (Å²) in [5.41, 5.74) is 16.4. The molecule has 0 radical (unpaired) electrons. The highest BCUT2D eigenvalue weighted by atomic mass is 15.3. The lowest BCUT2D eigenvalue weighted by Gasteiger charge is -2.28. The molecule has 2 aliphatic rings. The number of hydrogen-bond donors (Lipinski definition) is 3. The van der Waals surface area contributed by atoms with E-state index in [2.05, 4.69) is 44.2 Å². The average Bonchev–Trinajstić information content (AvgIpc) is 3.64. The Hall–Kier alpha value is -3.46. The maximum absolute atomic E-state index is 6.37. The van der Waals surface area contributed by atoms with E-state index in [1.165, 1.54) is 12.8 Å². The van der Waals surface area contributed by atoms with Gasteiger partial charge in [0.15, 0.2) is 17.0 Å². The maximum Gasteiger partial charge on any atom is 0.224 e. The van der Waals surface area contributed by atoms with Crippen LogP contribution in [0, 0.1) is 0 Å². The van der Waals surface area contributed by atoms with Crippen molar-refractivity contribution in [1.29, 1.82) is 0 Å². The molecule has 182 valence electrons. The third-order valence-corrected chi connectivity index (χ3v) is 7.52. The Bertz CT molecular complexity index is 1290. The number of nitrogens with zero attached hydrogens (tertiary/aromatic N) is 6. The predicted octanol–water partition coefficient (Wildman–Crippen LogP) is 4.31. The zero-order valence-electron chi connectivity index (χ0n) is 20.0. The van der Waals surface area contributed by atoms with Crippen molar-refractivity contribution >= 4 is 22.9 Å². The second-order valence-electron chi connectivity index (χ2n) is 9.98. The monoisotopic (exact) mass is 471 g/mol. The van der Waals surface area contributed by atoms with Gasteiger partial charge in [-0.2, -0.15) is 15.1 Å². The molecule has 2 saturated carbocycles. The van der Waals surface area contributed by atoms with Crippen molar-refractivity contribution in [2.24, 2.45) is 5.73 Å². The zero-order valence-corrected chi connectivity index (χ0v) is 20.0. The van der Waals surface area contributed by atoms with Crippen LogP contribution in [-0.2, 0) is 6.54 Å². The Kier molecular flexibility index (Phi) is 5.85. The molecule has 1 aromatic carbocycles. The Balaban J connectivity index is 1.33. The van der Waals surface area contributed by atoms with Gasteiger partial charge in [0.05, 0.1) is 5.69 Å². The molecule has 0 bridgehead atoms. The molecule has 2 fully saturated rings. The number of aromatic nitrogens is 6. The molecule has 0 spiro atoms. The molecule has 6 rings (SSSR count). The quantitative estimate of drug-likeness (QED) is 0.383. The van der Waals surface area contributed by atoms with E-state index in [-0.39, 0.29) is 12.0 Å². The molecule has 2 unspecified atom stereocenters. The second-order valence-corrected chi connectivity index (χ2v) is 9.98. The molecular weight excluding hydrogens is 438 g/mol. The molecule has 5 N–H and O–H groups in total. The van der Waals surface area contributed by atoms with Gasteiger partial charge in [-0.25, -0.2) is 9.67 Å². The molecule has 9 heteroatoms. The first-order valence-corrected chi connectivity index (χ1v) is 12.8. The molecule has 2 atom stereocenters. The first-order chi connectivity index (χ1) is 17.2. The highest BCUT2D eigenvalue weighted by Gasteiger charge is 2.31. The van der Waals surface area contributed by atoms with Gasteiger partial charge in [-0.3, -0.25) is 0 Å². The first-order valence-electron chi connectivity index (χ1n) is 12.8. The number of nitrogens with one attached hydrogen (secondary N) is 1. The summed E-state index contributed by atoms with van der Waals surface area (Å²) in [6.45, 7) is 0.616. The van der Waals surface area contributed by atoms with E-state index in [0.717, 1.165) is 66.8 Å². The minimum absolute atomic E-state index is 0.240. The molecule has 35 heavy (non-hydrogen) atoms. The van der Waals surface area contributed by atoms with Gasteiger partial charge in [-0.05, 0) is 55.9 Å². The Morgan fingerprint density at radius 2 is 1.80 bits per heavy atom. The topological polar surface area (TPSA) is 125 Å². The number of benzene rings is 1. The normalized spacial score (nSPS) is 21.1. The third kappa shape index (κ3) is 4.36. The van der Waals surface area contributed by atoms with Gasteiger partial charge >= 0.3 is 0 Å². The van der Waals surface area contributed by atoms with Gasteiger partial charge in [-0.1, -0.05) is 31.4 Å². The van der Waals surface area contributed by atoms with Gasteiger partial charge < -0.3 is 21.4 Å². The van der Waals surface area contributed by atoms with E-state index in [1.807, 2.05) is 16.9 Å². The van der Waals surface area contributed by atoms with Gasteiger partial charge in [-0.15, -0.1) is 0 Å². The lowest BCUT2D eigenvalue weighted by atomic mass is 9.85. The fraction of sp³-hybridized carbons (Fsp3) is 0.462. The van der Waals surface area contributed by atoms with Crippen LogP contribution >= 0.6 is 0 Å². The van der Waals surface area contributed by atoms with Crippen molar-refractivity contribution in [3.63, 3.8) is 0 Å². The highest BCUT2D eigenvalue weighted by Crippen LogP contribution is 2.40. The summed E-state index contributed by atoms with van der Waals surface area (Å²) in [5.74, 6) is 2.45. The average molecular weight is 472 g/mol. The van der Waals surface area contributed by atoms with Crippen LogP contribution in [0.5, 0.6) is 0 Å². The van der Waals surface area contributed by atoms with Crippen LogP contribution < -0.4 is 16.8 Å². The summed E-state index contributed by atoms with van der Waals surface area (Å²) in [6.07, 6.45) is 12.9. The fourth-order valence-electron chi connectivity index (χ4n) is 5.78. The maximum atomic E-state index is 6.37. The molecule has 9 nitrogen and oxygen atoms in total. The van der Waals surface area contributed by atoms with Crippen molar-refractivity contribution in [2.75, 3.05) is 11.1 Å². The first kappa shape index (κ1) is 22.0. The number of hydrogen-bond acceptors (Lipinski definition) is 7. The zero-order chi connectivity index (χ0) is 23.8. The van der Waals surface area contributed by atoms with Crippen LogP contribution in [0.2, 0.25) is 0 Å². The second kappa shape index (κ2) is 9.30. The van der Waals surface area contributed by atoms with Gasteiger partial charge in [0.2, 0.25) is 5.95 Å². The predicted molar refractivity (Wildman–Crippen MR) is 137 cm³/mol. The summed E-state index contributed by atoms with van der Waals surface area (Å²) in [7, 11) is 0. The molecule has 2 aliphatic carbocycles. The van der Waals surface area contributed by atoms with Gasteiger partial charge in [0, 0.05) is 36.9 Å². The molecule has 3 aromatic heterocycles. The van der Waals surface area contributed by atoms with Crippen molar-refractivity contribution in [3.05, 3.63) is 54.1 Å². The minimum Gasteiger partial charge on any atom is -0.368 e. The number of imidazole rings is 1. The Morgan fingerprint density at radius 1 is 0.971 bits per heavy atom. The van der Waals surface area contributed by atoms with Crippen molar-refractivity contribution in [3.8, 4) is 5.69 Å². The Labute approximate surface area is 205 Å². The lowest BCUT2D eigenvalue weighted by Crippen LogP contribution is -2.28. The van der Waals surface area contributed by atoms with Crippen LogP contribution in [0.25, 0.3) is 16.9 Å². The van der Waals surface area contributed by atoms with Crippen LogP contribution in [-0.4, -0.2) is 35.3 Å².